The molecule has 0 aliphatic rings. The number of aryl methyl sites for hydroxylation is 2. The van der Waals surface area contributed by atoms with E-state index in [0.717, 1.165) is 10.4 Å². The van der Waals surface area contributed by atoms with Crippen molar-refractivity contribution in [3.8, 4) is 0 Å². The molecule has 2 unspecified atom stereocenters. The zero-order chi connectivity index (χ0) is 12.4. The van der Waals surface area contributed by atoms with Crippen molar-refractivity contribution in [2.75, 3.05) is 0 Å². The number of thiophene rings is 1. The van der Waals surface area contributed by atoms with E-state index >= 15 is 0 Å². The highest BCUT2D eigenvalue weighted by Gasteiger charge is 2.20. The Labute approximate surface area is 106 Å². The van der Waals surface area contributed by atoms with E-state index in [2.05, 4.69) is 24.9 Å². The third-order valence-corrected chi connectivity index (χ3v) is 4.41. The van der Waals surface area contributed by atoms with Gasteiger partial charge < -0.3 is 5.11 Å². The standard InChI is InChI=1S/C14H17NOS/c1-9-8-13(17-11(9)3)14(16)10(2)12-4-6-15-7-5-12/h4-8,10,14,16H,1-3H3. The highest BCUT2D eigenvalue weighted by Crippen LogP contribution is 2.35. The second-order valence-electron chi connectivity index (χ2n) is 4.40. The number of aliphatic hydroxyl groups is 1. The molecule has 0 amide bonds. The molecule has 0 saturated heterocycles. The van der Waals surface area contributed by atoms with E-state index in [1.807, 2.05) is 19.1 Å². The fourth-order valence-electron chi connectivity index (χ4n) is 1.84. The van der Waals surface area contributed by atoms with E-state index in [0.29, 0.717) is 0 Å². The van der Waals surface area contributed by atoms with E-state index in [1.165, 1.54) is 10.4 Å². The Morgan fingerprint density at radius 3 is 2.41 bits per heavy atom. The van der Waals surface area contributed by atoms with E-state index in [9.17, 15) is 5.11 Å². The van der Waals surface area contributed by atoms with Crippen LogP contribution in [0.1, 0.15) is 39.8 Å². The molecule has 0 bridgehead atoms. The number of pyridine rings is 1. The van der Waals surface area contributed by atoms with Crippen molar-refractivity contribution in [2.24, 2.45) is 0 Å². The summed E-state index contributed by atoms with van der Waals surface area (Å²) in [5.74, 6) is 0.0930. The van der Waals surface area contributed by atoms with Gasteiger partial charge in [0, 0.05) is 28.1 Å². The first-order valence-electron chi connectivity index (χ1n) is 5.74. The molecule has 2 rings (SSSR count). The Kier molecular flexibility index (Phi) is 3.60. The second-order valence-corrected chi connectivity index (χ2v) is 5.69. The second kappa shape index (κ2) is 4.98. The topological polar surface area (TPSA) is 33.1 Å². The minimum Gasteiger partial charge on any atom is -0.387 e. The largest absolute Gasteiger partial charge is 0.387 e. The minimum atomic E-state index is -0.435. The van der Waals surface area contributed by atoms with Gasteiger partial charge in [-0.15, -0.1) is 11.3 Å². The fourth-order valence-corrected chi connectivity index (χ4v) is 2.98. The highest BCUT2D eigenvalue weighted by atomic mass is 32.1. The molecule has 2 atom stereocenters. The van der Waals surface area contributed by atoms with Crippen LogP contribution in [-0.4, -0.2) is 10.1 Å². The van der Waals surface area contributed by atoms with Crippen LogP contribution < -0.4 is 0 Å². The molecule has 0 aromatic carbocycles. The van der Waals surface area contributed by atoms with Gasteiger partial charge in [0.2, 0.25) is 0 Å². The first-order chi connectivity index (χ1) is 8.09. The Morgan fingerprint density at radius 2 is 1.88 bits per heavy atom. The van der Waals surface area contributed by atoms with Crippen LogP contribution in [0.2, 0.25) is 0 Å². The highest BCUT2D eigenvalue weighted by molar-refractivity contribution is 7.12. The predicted octanol–water partition coefficient (Wildman–Crippen LogP) is 3.60. The molecule has 2 heterocycles. The average molecular weight is 247 g/mol. The average Bonchev–Trinajstić information content (AvgIpc) is 2.69. The fraction of sp³-hybridized carbons (Fsp3) is 0.357. The molecule has 3 heteroatoms. The number of hydrogen-bond donors (Lipinski definition) is 1. The molecule has 0 radical (unpaired) electrons. The Morgan fingerprint density at radius 1 is 1.24 bits per heavy atom. The summed E-state index contributed by atoms with van der Waals surface area (Å²) in [5.41, 5.74) is 2.38. The molecular weight excluding hydrogens is 230 g/mol. The van der Waals surface area contributed by atoms with Gasteiger partial charge in [-0.3, -0.25) is 4.98 Å². The molecule has 0 saturated carbocycles. The van der Waals surface area contributed by atoms with E-state index in [1.54, 1.807) is 23.7 Å². The minimum absolute atomic E-state index is 0.0930. The summed E-state index contributed by atoms with van der Waals surface area (Å²) in [6.45, 7) is 6.22. The molecule has 17 heavy (non-hydrogen) atoms. The predicted molar refractivity (Wildman–Crippen MR) is 71.4 cm³/mol. The van der Waals surface area contributed by atoms with E-state index in [4.69, 9.17) is 0 Å². The molecule has 0 aliphatic heterocycles. The smallest absolute Gasteiger partial charge is 0.0947 e. The van der Waals surface area contributed by atoms with Gasteiger partial charge in [-0.25, -0.2) is 0 Å². The number of rotatable bonds is 3. The first kappa shape index (κ1) is 12.3. The normalized spacial score (nSPS) is 14.6. The van der Waals surface area contributed by atoms with Crippen LogP contribution in [0, 0.1) is 13.8 Å². The van der Waals surface area contributed by atoms with Gasteiger partial charge in [0.1, 0.15) is 0 Å². The molecule has 2 aromatic rings. The van der Waals surface area contributed by atoms with Crippen LogP contribution in [0.15, 0.2) is 30.6 Å². The van der Waals surface area contributed by atoms with Gasteiger partial charge in [-0.1, -0.05) is 6.92 Å². The summed E-state index contributed by atoms with van der Waals surface area (Å²) >= 11 is 1.68. The van der Waals surface area contributed by atoms with Gasteiger partial charge in [0.05, 0.1) is 6.10 Å². The molecule has 1 N–H and O–H groups in total. The van der Waals surface area contributed by atoms with Gasteiger partial charge in [-0.05, 0) is 43.2 Å². The number of aromatic nitrogens is 1. The summed E-state index contributed by atoms with van der Waals surface area (Å²) in [5, 5.41) is 10.4. The summed E-state index contributed by atoms with van der Waals surface area (Å²) in [6.07, 6.45) is 3.10. The summed E-state index contributed by atoms with van der Waals surface area (Å²) in [7, 11) is 0. The van der Waals surface area contributed by atoms with Crippen LogP contribution >= 0.6 is 11.3 Å². The number of hydrogen-bond acceptors (Lipinski definition) is 3. The van der Waals surface area contributed by atoms with E-state index < -0.39 is 6.10 Å². The van der Waals surface area contributed by atoms with Crippen molar-refractivity contribution < 1.29 is 5.11 Å². The molecule has 0 fully saturated rings. The van der Waals surface area contributed by atoms with Crippen molar-refractivity contribution in [2.45, 2.75) is 32.8 Å². The maximum Gasteiger partial charge on any atom is 0.0947 e. The SMILES string of the molecule is Cc1cc(C(O)C(C)c2ccncc2)sc1C. The van der Waals surface area contributed by atoms with Crippen LogP contribution in [0.3, 0.4) is 0 Å². The van der Waals surface area contributed by atoms with Crippen molar-refractivity contribution >= 4 is 11.3 Å². The summed E-state index contributed by atoms with van der Waals surface area (Å²) in [4.78, 5) is 6.32. The quantitative estimate of drug-likeness (QED) is 0.899. The van der Waals surface area contributed by atoms with Gasteiger partial charge >= 0.3 is 0 Å². The molecule has 2 aromatic heterocycles. The van der Waals surface area contributed by atoms with E-state index in [-0.39, 0.29) is 5.92 Å². The Balaban J connectivity index is 2.23. The van der Waals surface area contributed by atoms with Crippen molar-refractivity contribution in [1.29, 1.82) is 0 Å². The van der Waals surface area contributed by atoms with Gasteiger partial charge in [-0.2, -0.15) is 0 Å². The Hall–Kier alpha value is -1.19. The molecule has 0 aliphatic carbocycles. The summed E-state index contributed by atoms with van der Waals surface area (Å²) in [6, 6.07) is 6.00. The van der Waals surface area contributed by atoms with Gasteiger partial charge in [0.15, 0.2) is 0 Å². The lowest BCUT2D eigenvalue weighted by atomic mass is 9.95. The van der Waals surface area contributed by atoms with Crippen molar-refractivity contribution in [1.82, 2.24) is 4.98 Å². The van der Waals surface area contributed by atoms with Crippen LogP contribution in [0.4, 0.5) is 0 Å². The third kappa shape index (κ3) is 2.56. The molecule has 0 spiro atoms. The lowest BCUT2D eigenvalue weighted by molar-refractivity contribution is 0.155. The maximum atomic E-state index is 10.4. The molecular formula is C14H17NOS. The zero-order valence-electron chi connectivity index (χ0n) is 10.3. The lowest BCUT2D eigenvalue weighted by Gasteiger charge is -2.17. The van der Waals surface area contributed by atoms with Crippen LogP contribution in [0.5, 0.6) is 0 Å². The third-order valence-electron chi connectivity index (χ3n) is 3.18. The zero-order valence-corrected chi connectivity index (χ0v) is 11.2. The van der Waals surface area contributed by atoms with Crippen molar-refractivity contribution in [3.05, 3.63) is 51.5 Å². The monoisotopic (exact) mass is 247 g/mol. The van der Waals surface area contributed by atoms with Crippen LogP contribution in [0.25, 0.3) is 0 Å². The van der Waals surface area contributed by atoms with Gasteiger partial charge in [0.25, 0.3) is 0 Å². The lowest BCUT2D eigenvalue weighted by Crippen LogP contribution is -2.06. The van der Waals surface area contributed by atoms with Crippen LogP contribution in [-0.2, 0) is 0 Å². The van der Waals surface area contributed by atoms with Crippen molar-refractivity contribution in [3.63, 3.8) is 0 Å². The summed E-state index contributed by atoms with van der Waals surface area (Å²) < 4.78 is 0. The maximum absolute atomic E-state index is 10.4. The molecule has 90 valence electrons. The first-order valence-corrected chi connectivity index (χ1v) is 6.56. The molecule has 2 nitrogen and oxygen atoms in total. The number of aliphatic hydroxyl groups excluding tert-OH is 1. The number of nitrogens with zero attached hydrogens (tertiary/aromatic N) is 1. The Bertz CT molecular complexity index is 473.